The first-order valence-corrected chi connectivity index (χ1v) is 4.96. The molecule has 76 valence electrons. The lowest BCUT2D eigenvalue weighted by molar-refractivity contribution is -0.603. The van der Waals surface area contributed by atoms with Gasteiger partial charge in [0.2, 0.25) is 0 Å². The van der Waals surface area contributed by atoms with Crippen LogP contribution in [0, 0.1) is 13.8 Å². The van der Waals surface area contributed by atoms with E-state index < -0.39 is 0 Å². The van der Waals surface area contributed by atoms with Gasteiger partial charge in [0.15, 0.2) is 17.6 Å². The molecular weight excluding hydrogens is 186 g/mol. The van der Waals surface area contributed by atoms with Crippen molar-refractivity contribution in [3.63, 3.8) is 0 Å². The van der Waals surface area contributed by atoms with Crippen LogP contribution < -0.4 is 4.57 Å². The third kappa shape index (κ3) is 1.71. The molecule has 0 saturated heterocycles. The second-order valence-corrected chi connectivity index (χ2v) is 3.65. The van der Waals surface area contributed by atoms with E-state index in [2.05, 4.69) is 0 Å². The molecule has 0 fully saturated rings. The molecule has 0 amide bonds. The van der Waals surface area contributed by atoms with Gasteiger partial charge in [0.05, 0.1) is 0 Å². The first kappa shape index (κ1) is 9.71. The maximum Gasteiger partial charge on any atom is 0.255 e. The molecule has 0 saturated carbocycles. The number of phenols is 1. The van der Waals surface area contributed by atoms with E-state index in [1.54, 1.807) is 6.07 Å². The highest BCUT2D eigenvalue weighted by molar-refractivity contribution is 5.45. The summed E-state index contributed by atoms with van der Waals surface area (Å²) in [6.07, 6.45) is 1.96. The molecule has 0 atom stereocenters. The molecule has 0 aliphatic carbocycles. The number of aromatic nitrogens is 1. The number of para-hydroxylation sites is 1. The molecule has 1 aromatic carbocycles. The summed E-state index contributed by atoms with van der Waals surface area (Å²) in [5.41, 5.74) is 3.02. The van der Waals surface area contributed by atoms with Crippen LogP contribution in [0.1, 0.15) is 11.3 Å². The van der Waals surface area contributed by atoms with E-state index in [4.69, 9.17) is 0 Å². The molecule has 0 radical (unpaired) electrons. The van der Waals surface area contributed by atoms with Gasteiger partial charge in [-0.2, -0.15) is 4.57 Å². The molecule has 1 aromatic heterocycles. The monoisotopic (exact) mass is 200 g/mol. The van der Waals surface area contributed by atoms with Gasteiger partial charge in [-0.15, -0.1) is 0 Å². The van der Waals surface area contributed by atoms with Crippen LogP contribution in [0.5, 0.6) is 5.75 Å². The lowest BCUT2D eigenvalue weighted by Crippen LogP contribution is -2.34. The van der Waals surface area contributed by atoms with Crippen molar-refractivity contribution in [2.24, 2.45) is 0 Å². The highest BCUT2D eigenvalue weighted by Gasteiger charge is 2.16. The molecular formula is C13H14NO+. The quantitative estimate of drug-likeness (QED) is 0.702. The van der Waals surface area contributed by atoms with Crippen molar-refractivity contribution < 1.29 is 9.67 Å². The molecule has 2 heteroatoms. The first-order valence-electron chi connectivity index (χ1n) is 4.96. The van der Waals surface area contributed by atoms with Crippen LogP contribution in [0.4, 0.5) is 0 Å². The fourth-order valence-corrected chi connectivity index (χ4v) is 1.74. The molecule has 2 nitrogen and oxygen atoms in total. The fraction of sp³-hybridized carbons (Fsp3) is 0.154. The van der Waals surface area contributed by atoms with E-state index >= 15 is 0 Å². The third-order valence-electron chi connectivity index (χ3n) is 2.52. The maximum atomic E-state index is 9.85. The number of hydrogen-bond acceptors (Lipinski definition) is 1. The van der Waals surface area contributed by atoms with Crippen LogP contribution in [0.15, 0.2) is 42.6 Å². The Hall–Kier alpha value is -1.83. The van der Waals surface area contributed by atoms with Gasteiger partial charge in [-0.05, 0) is 13.0 Å². The topological polar surface area (TPSA) is 24.1 Å². The van der Waals surface area contributed by atoms with Gasteiger partial charge in [-0.3, -0.25) is 0 Å². The zero-order valence-electron chi connectivity index (χ0n) is 8.94. The lowest BCUT2D eigenvalue weighted by Gasteiger charge is -2.04. The van der Waals surface area contributed by atoms with Gasteiger partial charge in [-0.1, -0.05) is 18.2 Å². The number of hydrogen-bond donors (Lipinski definition) is 1. The minimum atomic E-state index is 0.314. The molecule has 2 rings (SSSR count). The van der Waals surface area contributed by atoms with Crippen molar-refractivity contribution in [1.29, 1.82) is 0 Å². The predicted molar refractivity (Wildman–Crippen MR) is 59.1 cm³/mol. The van der Waals surface area contributed by atoms with Crippen molar-refractivity contribution >= 4 is 0 Å². The Morgan fingerprint density at radius 1 is 1.00 bits per heavy atom. The highest BCUT2D eigenvalue weighted by atomic mass is 16.3. The van der Waals surface area contributed by atoms with Crippen LogP contribution in [-0.4, -0.2) is 5.11 Å². The summed E-state index contributed by atoms with van der Waals surface area (Å²) in [5.74, 6) is 0.314. The lowest BCUT2D eigenvalue weighted by atomic mass is 10.1. The number of pyridine rings is 1. The van der Waals surface area contributed by atoms with Crippen LogP contribution in [-0.2, 0) is 0 Å². The van der Waals surface area contributed by atoms with Crippen LogP contribution in [0.3, 0.4) is 0 Å². The summed E-state index contributed by atoms with van der Waals surface area (Å²) in [5, 5.41) is 9.85. The number of rotatable bonds is 1. The number of nitrogens with zero attached hydrogens (tertiary/aromatic N) is 1. The zero-order chi connectivity index (χ0) is 10.8. The molecule has 2 aromatic rings. The van der Waals surface area contributed by atoms with E-state index in [9.17, 15) is 5.11 Å². The number of aryl methyl sites for hydroxylation is 2. The zero-order valence-corrected chi connectivity index (χ0v) is 8.94. The Balaban J connectivity index is 2.69. The second kappa shape index (κ2) is 3.73. The van der Waals surface area contributed by atoms with Crippen molar-refractivity contribution in [2.45, 2.75) is 13.8 Å². The highest BCUT2D eigenvalue weighted by Crippen LogP contribution is 2.20. The number of phenolic OH excluding ortho intramolecular Hbond substituents is 1. The molecule has 1 heterocycles. The van der Waals surface area contributed by atoms with E-state index in [0.717, 1.165) is 16.9 Å². The molecule has 0 aliphatic rings. The normalized spacial score (nSPS) is 10.3. The largest absolute Gasteiger partial charge is 0.502 e. The number of benzene rings is 1. The minimum absolute atomic E-state index is 0.314. The fourth-order valence-electron chi connectivity index (χ4n) is 1.74. The van der Waals surface area contributed by atoms with Crippen molar-refractivity contribution in [1.82, 2.24) is 0 Å². The molecule has 0 aliphatic heterocycles. The standard InChI is InChI=1S/C13H13NO/c1-10-6-5-8-12(15)13(10)14-9-4-3-7-11(14)2/h3-9H,1-2H3/p+1. The van der Waals surface area contributed by atoms with Gasteiger partial charge in [0.1, 0.15) is 0 Å². The molecule has 0 unspecified atom stereocenters. The molecule has 0 bridgehead atoms. The first-order chi connectivity index (χ1) is 7.20. The van der Waals surface area contributed by atoms with Crippen molar-refractivity contribution in [2.75, 3.05) is 0 Å². The summed E-state index contributed by atoms with van der Waals surface area (Å²) >= 11 is 0. The number of aromatic hydroxyl groups is 1. The average molecular weight is 200 g/mol. The van der Waals surface area contributed by atoms with E-state index in [0.29, 0.717) is 5.75 Å². The average Bonchev–Trinajstić information content (AvgIpc) is 2.20. The summed E-state index contributed by atoms with van der Waals surface area (Å²) in [6, 6.07) is 11.5. The SMILES string of the molecule is Cc1cccc(O)c1-[n+]1ccccc1C. The van der Waals surface area contributed by atoms with E-state index in [-0.39, 0.29) is 0 Å². The van der Waals surface area contributed by atoms with Gasteiger partial charge in [0, 0.05) is 24.6 Å². The van der Waals surface area contributed by atoms with Crippen LogP contribution in [0.25, 0.3) is 5.69 Å². The molecule has 0 spiro atoms. The molecule has 1 N–H and O–H groups in total. The minimum Gasteiger partial charge on any atom is -0.502 e. The Bertz CT molecular complexity index is 471. The summed E-state index contributed by atoms with van der Waals surface area (Å²) in [4.78, 5) is 0. The van der Waals surface area contributed by atoms with Gasteiger partial charge in [0.25, 0.3) is 5.69 Å². The Labute approximate surface area is 89.4 Å². The predicted octanol–water partition coefficient (Wildman–Crippen LogP) is 2.29. The summed E-state index contributed by atoms with van der Waals surface area (Å²) in [7, 11) is 0. The Morgan fingerprint density at radius 3 is 2.47 bits per heavy atom. The summed E-state index contributed by atoms with van der Waals surface area (Å²) in [6.45, 7) is 4.01. The maximum absolute atomic E-state index is 9.85. The van der Waals surface area contributed by atoms with Gasteiger partial charge >= 0.3 is 0 Å². The van der Waals surface area contributed by atoms with Crippen LogP contribution in [0.2, 0.25) is 0 Å². The Kier molecular flexibility index (Phi) is 2.42. The van der Waals surface area contributed by atoms with Crippen LogP contribution >= 0.6 is 0 Å². The van der Waals surface area contributed by atoms with Gasteiger partial charge < -0.3 is 5.11 Å². The second-order valence-electron chi connectivity index (χ2n) is 3.65. The smallest absolute Gasteiger partial charge is 0.255 e. The van der Waals surface area contributed by atoms with Crippen molar-refractivity contribution in [3.8, 4) is 11.4 Å². The van der Waals surface area contributed by atoms with E-state index in [1.165, 1.54) is 0 Å². The Morgan fingerprint density at radius 2 is 1.80 bits per heavy atom. The third-order valence-corrected chi connectivity index (χ3v) is 2.52. The summed E-state index contributed by atoms with van der Waals surface area (Å²) < 4.78 is 1.99. The van der Waals surface area contributed by atoms with E-state index in [1.807, 2.05) is 54.9 Å². The molecule has 15 heavy (non-hydrogen) atoms. The van der Waals surface area contributed by atoms with Crippen molar-refractivity contribution in [3.05, 3.63) is 53.9 Å². The van der Waals surface area contributed by atoms with Gasteiger partial charge in [-0.25, -0.2) is 0 Å².